The molecule has 0 amide bonds. The second kappa shape index (κ2) is 11.6. The van der Waals surface area contributed by atoms with Gasteiger partial charge in [-0.25, -0.2) is 14.6 Å². The largest absolute Gasteiger partial charge is 0.458 e. The van der Waals surface area contributed by atoms with Gasteiger partial charge in [-0.15, -0.1) is 0 Å². The summed E-state index contributed by atoms with van der Waals surface area (Å²) in [5, 5.41) is 0. The van der Waals surface area contributed by atoms with Crippen molar-refractivity contribution in [1.29, 1.82) is 0 Å². The number of esters is 2. The predicted octanol–water partition coefficient (Wildman–Crippen LogP) is 3.84. The molecule has 0 saturated heterocycles. The van der Waals surface area contributed by atoms with Crippen molar-refractivity contribution in [2.75, 3.05) is 25.6 Å². The lowest BCUT2D eigenvalue weighted by Gasteiger charge is -2.24. The van der Waals surface area contributed by atoms with E-state index < -0.39 is 18.0 Å². The Hall–Kier alpha value is -4.96. The number of carbonyl (C=O) groups excluding carboxylic acids is 2. The molecule has 0 saturated carbocycles. The summed E-state index contributed by atoms with van der Waals surface area (Å²) < 4.78 is 17.9. The molecule has 1 atom stereocenters. The molecular weight excluding hydrogens is 542 g/mol. The molecule has 10 heteroatoms. The molecule has 1 aliphatic rings. The van der Waals surface area contributed by atoms with E-state index in [-0.39, 0.29) is 29.2 Å². The first-order valence-electron chi connectivity index (χ1n) is 12.7. The smallest absolute Gasteiger partial charge is 0.379 e. The van der Waals surface area contributed by atoms with E-state index in [0.29, 0.717) is 20.6 Å². The van der Waals surface area contributed by atoms with Gasteiger partial charge in [-0.2, -0.15) is 0 Å². The highest BCUT2D eigenvalue weighted by Crippen LogP contribution is 2.32. The Bertz CT molecular complexity index is 1810. The molecule has 1 aliphatic heterocycles. The molecule has 0 unspecified atom stereocenters. The van der Waals surface area contributed by atoms with E-state index in [1.165, 1.54) is 34.3 Å². The van der Waals surface area contributed by atoms with Gasteiger partial charge in [-0.05, 0) is 60.5 Å². The number of hydrogen-bond acceptors (Lipinski definition) is 9. The van der Waals surface area contributed by atoms with Gasteiger partial charge >= 0.3 is 11.9 Å². The van der Waals surface area contributed by atoms with Crippen molar-refractivity contribution in [3.05, 3.63) is 127 Å². The second-order valence-electron chi connectivity index (χ2n) is 9.39. The van der Waals surface area contributed by atoms with Gasteiger partial charge in [0.15, 0.2) is 4.80 Å². The topological polar surface area (TPSA) is 103 Å². The summed E-state index contributed by atoms with van der Waals surface area (Å²) in [5.74, 6) is -0.889. The minimum absolute atomic E-state index is 0.0113. The number of thiazole rings is 1. The van der Waals surface area contributed by atoms with Crippen LogP contribution in [0.5, 0.6) is 5.75 Å². The number of aromatic nitrogens is 1. The van der Waals surface area contributed by atoms with Crippen LogP contribution in [0.15, 0.2) is 105 Å². The number of anilines is 1. The number of allylic oxidation sites excluding steroid dienone is 1. The number of ether oxygens (including phenoxy) is 2. The minimum Gasteiger partial charge on any atom is -0.458 e. The maximum Gasteiger partial charge on any atom is 0.379 e. The fourth-order valence-corrected chi connectivity index (χ4v) is 5.45. The third-order valence-electron chi connectivity index (χ3n) is 6.41. The summed E-state index contributed by atoms with van der Waals surface area (Å²) in [5.41, 5.74) is 2.92. The summed E-state index contributed by atoms with van der Waals surface area (Å²) in [4.78, 5) is 46.4. The number of nitrogens with zero attached hydrogens (tertiary/aromatic N) is 3. The third kappa shape index (κ3) is 5.68. The number of fused-ring (bicyclic) bond motifs is 1. The average molecular weight is 570 g/mol. The Kier molecular flexibility index (Phi) is 7.84. The third-order valence-corrected chi connectivity index (χ3v) is 7.39. The molecule has 4 aromatic rings. The molecule has 0 spiro atoms. The lowest BCUT2D eigenvalue weighted by Crippen LogP contribution is -2.39. The highest BCUT2D eigenvalue weighted by molar-refractivity contribution is 7.07. The van der Waals surface area contributed by atoms with Crippen LogP contribution in [0.1, 0.15) is 34.6 Å². The van der Waals surface area contributed by atoms with Crippen molar-refractivity contribution in [1.82, 2.24) is 4.57 Å². The Morgan fingerprint density at radius 3 is 2.46 bits per heavy atom. The van der Waals surface area contributed by atoms with E-state index in [9.17, 15) is 14.4 Å². The van der Waals surface area contributed by atoms with Gasteiger partial charge in [0.05, 0.1) is 28.1 Å². The van der Waals surface area contributed by atoms with Gasteiger partial charge in [-0.1, -0.05) is 48.3 Å². The lowest BCUT2D eigenvalue weighted by molar-refractivity contribution is -0.138. The molecule has 9 nitrogen and oxygen atoms in total. The van der Waals surface area contributed by atoms with Crippen LogP contribution in [-0.2, 0) is 9.53 Å². The Labute approximate surface area is 239 Å². The van der Waals surface area contributed by atoms with Crippen LogP contribution in [0.4, 0.5) is 5.69 Å². The van der Waals surface area contributed by atoms with Crippen LogP contribution in [0, 0.1) is 0 Å². The zero-order chi connectivity index (χ0) is 29.1. The van der Waals surface area contributed by atoms with E-state index in [0.717, 1.165) is 11.3 Å². The summed E-state index contributed by atoms with van der Waals surface area (Å²) >= 11 is 1.25. The van der Waals surface area contributed by atoms with Crippen molar-refractivity contribution in [3.63, 3.8) is 0 Å². The summed E-state index contributed by atoms with van der Waals surface area (Å²) in [7, 11) is 3.92. The fourth-order valence-electron chi connectivity index (χ4n) is 4.40. The number of carbonyl (C=O) groups is 2. The normalized spacial score (nSPS) is 14.7. The highest BCUT2D eigenvalue weighted by Gasteiger charge is 2.33. The maximum absolute atomic E-state index is 13.8. The van der Waals surface area contributed by atoms with Gasteiger partial charge in [-0.3, -0.25) is 9.36 Å². The fraction of sp³-hybridized carbons (Fsp3) is 0.161. The van der Waals surface area contributed by atoms with Gasteiger partial charge in [0.2, 0.25) is 5.76 Å². The summed E-state index contributed by atoms with van der Waals surface area (Å²) in [6.45, 7) is 5.34. The van der Waals surface area contributed by atoms with Crippen molar-refractivity contribution < 1.29 is 23.5 Å². The zero-order valence-electron chi connectivity index (χ0n) is 22.7. The van der Waals surface area contributed by atoms with E-state index in [4.69, 9.17) is 13.9 Å². The zero-order valence-corrected chi connectivity index (χ0v) is 23.5. The Morgan fingerprint density at radius 2 is 1.83 bits per heavy atom. The van der Waals surface area contributed by atoms with Crippen LogP contribution in [-0.4, -0.2) is 37.2 Å². The molecule has 5 rings (SSSR count). The molecule has 41 heavy (non-hydrogen) atoms. The van der Waals surface area contributed by atoms with Gasteiger partial charge in [0.25, 0.3) is 5.56 Å². The van der Waals surface area contributed by atoms with Crippen LogP contribution in [0.3, 0.4) is 0 Å². The van der Waals surface area contributed by atoms with Crippen LogP contribution >= 0.6 is 11.3 Å². The first kappa shape index (κ1) is 27.6. The van der Waals surface area contributed by atoms with Crippen LogP contribution in [0.25, 0.3) is 6.08 Å². The number of hydrogen-bond donors (Lipinski definition) is 0. The quantitative estimate of drug-likeness (QED) is 0.180. The van der Waals surface area contributed by atoms with Crippen molar-refractivity contribution in [2.45, 2.75) is 13.0 Å². The van der Waals surface area contributed by atoms with Crippen molar-refractivity contribution in [2.24, 2.45) is 4.99 Å². The Balaban J connectivity index is 1.57. The second-order valence-corrected chi connectivity index (χ2v) is 10.4. The molecule has 2 aromatic carbocycles. The molecule has 0 bridgehead atoms. The predicted molar refractivity (Wildman–Crippen MR) is 156 cm³/mol. The molecule has 2 aromatic heterocycles. The molecular formula is C31H27N3O6S. The SMILES string of the molecule is C=CCOC(=O)C1=C(C)N=c2s/c(=C/c3ccc(N(C)C)cc3)c(=O)n2[C@H]1c1ccc(OC(=O)c2ccco2)cc1. The number of benzene rings is 2. The van der Waals surface area contributed by atoms with Gasteiger partial charge in [0, 0.05) is 19.8 Å². The highest BCUT2D eigenvalue weighted by atomic mass is 32.1. The number of furan rings is 1. The monoisotopic (exact) mass is 569 g/mol. The van der Waals surface area contributed by atoms with Crippen LogP contribution in [0.2, 0.25) is 0 Å². The van der Waals surface area contributed by atoms with Crippen molar-refractivity contribution >= 4 is 35.0 Å². The Morgan fingerprint density at radius 1 is 1.10 bits per heavy atom. The minimum atomic E-state index is -0.809. The van der Waals surface area contributed by atoms with E-state index in [1.807, 2.05) is 49.3 Å². The lowest BCUT2D eigenvalue weighted by atomic mass is 9.96. The average Bonchev–Trinajstić information content (AvgIpc) is 3.60. The van der Waals surface area contributed by atoms with E-state index in [1.54, 1.807) is 37.3 Å². The van der Waals surface area contributed by atoms with E-state index >= 15 is 0 Å². The van der Waals surface area contributed by atoms with Gasteiger partial charge < -0.3 is 18.8 Å². The van der Waals surface area contributed by atoms with Crippen LogP contribution < -0.4 is 24.5 Å². The standard InChI is InChI=1S/C31H27N3O6S/c1-5-16-39-30(37)26-19(2)32-31-34(28(35)25(41-31)18-20-8-12-22(13-9-20)33(3)4)27(26)21-10-14-23(15-11-21)40-29(36)24-7-6-17-38-24/h5-15,17-18,27H,1,16H2,2-4H3/b25-18+/t27-/m0/s1. The van der Waals surface area contributed by atoms with Gasteiger partial charge in [0.1, 0.15) is 12.4 Å². The van der Waals surface area contributed by atoms with Crippen molar-refractivity contribution in [3.8, 4) is 5.75 Å². The first-order valence-corrected chi connectivity index (χ1v) is 13.5. The summed E-state index contributed by atoms with van der Waals surface area (Å²) in [6, 6.07) is 16.7. The molecule has 208 valence electrons. The molecule has 0 N–H and O–H groups in total. The van der Waals surface area contributed by atoms with E-state index in [2.05, 4.69) is 11.6 Å². The summed E-state index contributed by atoms with van der Waals surface area (Å²) in [6.07, 6.45) is 4.67. The molecule has 0 radical (unpaired) electrons. The molecule has 0 aliphatic carbocycles. The first-order chi connectivity index (χ1) is 19.8. The number of rotatable bonds is 8. The molecule has 3 heterocycles. The maximum atomic E-state index is 13.8. The molecule has 0 fully saturated rings.